The van der Waals surface area contributed by atoms with Gasteiger partial charge in [-0.15, -0.1) is 0 Å². The highest BCUT2D eigenvalue weighted by atomic mass is 19.1. The van der Waals surface area contributed by atoms with Crippen LogP contribution in [0.3, 0.4) is 0 Å². The van der Waals surface area contributed by atoms with Gasteiger partial charge in [-0.05, 0) is 25.5 Å². The molecule has 5 rings (SSSR count). The van der Waals surface area contributed by atoms with Crippen LogP contribution in [-0.4, -0.2) is 53.0 Å². The van der Waals surface area contributed by atoms with E-state index in [1.165, 1.54) is 6.07 Å². The summed E-state index contributed by atoms with van der Waals surface area (Å²) in [5.41, 5.74) is 2.90. The summed E-state index contributed by atoms with van der Waals surface area (Å²) in [4.78, 5) is 21.4. The third kappa shape index (κ3) is 3.24. The van der Waals surface area contributed by atoms with E-state index in [1.807, 2.05) is 6.07 Å². The maximum atomic E-state index is 14.5. The molecule has 0 aliphatic carbocycles. The van der Waals surface area contributed by atoms with Crippen LogP contribution < -0.4 is 20.4 Å². The highest BCUT2D eigenvalue weighted by Gasteiger charge is 2.30. The van der Waals surface area contributed by atoms with E-state index in [0.29, 0.717) is 23.9 Å². The van der Waals surface area contributed by atoms with Crippen LogP contribution in [0, 0.1) is 5.82 Å². The van der Waals surface area contributed by atoms with Crippen molar-refractivity contribution in [1.82, 2.24) is 20.1 Å². The smallest absolute Gasteiger partial charge is 0.327 e. The van der Waals surface area contributed by atoms with Gasteiger partial charge in [-0.2, -0.15) is 5.10 Å². The van der Waals surface area contributed by atoms with Crippen molar-refractivity contribution in [1.29, 1.82) is 0 Å². The molecule has 0 unspecified atom stereocenters. The first-order chi connectivity index (χ1) is 14.5. The fraction of sp³-hybridized carbons (Fsp3) is 0.381. The van der Waals surface area contributed by atoms with Gasteiger partial charge in [0.05, 0.1) is 11.2 Å². The first-order valence-electron chi connectivity index (χ1n) is 10.2. The van der Waals surface area contributed by atoms with Gasteiger partial charge in [-0.25, -0.2) is 14.2 Å². The van der Waals surface area contributed by atoms with Crippen LogP contribution in [0.2, 0.25) is 0 Å². The van der Waals surface area contributed by atoms with Gasteiger partial charge >= 0.3 is 6.03 Å². The van der Waals surface area contributed by atoms with Crippen molar-refractivity contribution in [2.45, 2.75) is 19.4 Å². The third-order valence-corrected chi connectivity index (χ3v) is 5.75. The molecule has 1 fully saturated rings. The van der Waals surface area contributed by atoms with Gasteiger partial charge in [0, 0.05) is 74.4 Å². The minimum atomic E-state index is -0.509. The molecule has 0 spiro atoms. The van der Waals surface area contributed by atoms with Crippen LogP contribution >= 0.6 is 0 Å². The number of aromatic nitrogens is 3. The molecule has 1 aromatic carbocycles. The van der Waals surface area contributed by atoms with E-state index in [4.69, 9.17) is 0 Å². The Bertz CT molecular complexity index is 1130. The molecule has 0 radical (unpaired) electrons. The molecule has 156 valence electrons. The SMILES string of the molecule is C[C@H]1CN(c2ccnc3c2CCN3C(=O)Nc2cc3cn(C)nc3cc2F)CCN1. The molecule has 0 bridgehead atoms. The lowest BCUT2D eigenvalue weighted by Gasteiger charge is -2.34. The second-order valence-electron chi connectivity index (χ2n) is 7.96. The van der Waals surface area contributed by atoms with E-state index in [0.717, 1.165) is 42.7 Å². The Labute approximate surface area is 173 Å². The largest absolute Gasteiger partial charge is 0.368 e. The Morgan fingerprint density at radius 2 is 2.20 bits per heavy atom. The first kappa shape index (κ1) is 18.8. The Kier molecular flexibility index (Phi) is 4.54. The van der Waals surface area contributed by atoms with Crippen LogP contribution in [-0.2, 0) is 13.5 Å². The Morgan fingerprint density at radius 3 is 3.03 bits per heavy atom. The number of benzene rings is 1. The van der Waals surface area contributed by atoms with Crippen LogP contribution in [0.5, 0.6) is 0 Å². The number of carbonyl (C=O) groups is 1. The summed E-state index contributed by atoms with van der Waals surface area (Å²) in [5, 5.41) is 11.1. The van der Waals surface area contributed by atoms with E-state index in [2.05, 4.69) is 32.5 Å². The standard InChI is InChI=1S/C21H24FN7O/c1-13-11-28(8-6-23-13)19-3-5-24-20-15(19)4-7-29(20)21(30)25-18-9-14-12-27(2)26-17(14)10-16(18)22/h3,5,9-10,12-13,23H,4,6-8,11H2,1-2H3,(H,25,30)/t13-/m0/s1. The second-order valence-corrected chi connectivity index (χ2v) is 7.96. The number of nitrogens with one attached hydrogen (secondary N) is 2. The zero-order chi connectivity index (χ0) is 20.8. The Balaban J connectivity index is 1.40. The first-order valence-corrected chi connectivity index (χ1v) is 10.2. The molecular weight excluding hydrogens is 385 g/mol. The summed E-state index contributed by atoms with van der Waals surface area (Å²) in [6.45, 7) is 5.45. The maximum Gasteiger partial charge on any atom is 0.327 e. The number of anilines is 3. The van der Waals surface area contributed by atoms with Gasteiger partial charge in [0.15, 0.2) is 0 Å². The summed E-state index contributed by atoms with van der Waals surface area (Å²) in [5.74, 6) is 0.143. The summed E-state index contributed by atoms with van der Waals surface area (Å²) in [6.07, 6.45) is 4.26. The van der Waals surface area contributed by atoms with E-state index < -0.39 is 5.82 Å². The van der Waals surface area contributed by atoms with Gasteiger partial charge in [-0.3, -0.25) is 9.58 Å². The predicted octanol–water partition coefficient (Wildman–Crippen LogP) is 2.50. The number of pyridine rings is 1. The van der Waals surface area contributed by atoms with E-state index >= 15 is 0 Å². The van der Waals surface area contributed by atoms with Crippen molar-refractivity contribution in [2.75, 3.05) is 41.3 Å². The van der Waals surface area contributed by atoms with Crippen molar-refractivity contribution < 1.29 is 9.18 Å². The topological polar surface area (TPSA) is 78.3 Å². The molecule has 1 atom stereocenters. The van der Waals surface area contributed by atoms with Gasteiger partial charge in [0.25, 0.3) is 0 Å². The fourth-order valence-electron chi connectivity index (χ4n) is 4.37. The summed E-state index contributed by atoms with van der Waals surface area (Å²) in [6, 6.07) is 5.00. The lowest BCUT2D eigenvalue weighted by molar-refractivity contribution is 0.257. The predicted molar refractivity (Wildman–Crippen MR) is 115 cm³/mol. The number of hydrogen-bond donors (Lipinski definition) is 2. The average molecular weight is 409 g/mol. The van der Waals surface area contributed by atoms with E-state index in [1.54, 1.807) is 35.1 Å². The lowest BCUT2D eigenvalue weighted by atomic mass is 10.1. The highest BCUT2D eigenvalue weighted by molar-refractivity contribution is 6.04. The number of urea groups is 1. The van der Waals surface area contributed by atoms with Crippen molar-refractivity contribution >= 4 is 34.1 Å². The number of amides is 2. The van der Waals surface area contributed by atoms with Gasteiger partial charge < -0.3 is 15.5 Å². The molecule has 0 saturated carbocycles. The number of carbonyl (C=O) groups excluding carboxylic acids is 1. The number of aryl methyl sites for hydroxylation is 1. The molecule has 2 N–H and O–H groups in total. The van der Waals surface area contributed by atoms with E-state index in [9.17, 15) is 9.18 Å². The normalized spacial score (nSPS) is 18.7. The van der Waals surface area contributed by atoms with Gasteiger partial charge in [0.1, 0.15) is 11.6 Å². The number of halogens is 1. The zero-order valence-electron chi connectivity index (χ0n) is 17.0. The van der Waals surface area contributed by atoms with Crippen LogP contribution in [0.15, 0.2) is 30.6 Å². The highest BCUT2D eigenvalue weighted by Crippen LogP contribution is 2.34. The number of piperazine rings is 1. The monoisotopic (exact) mass is 409 g/mol. The number of fused-ring (bicyclic) bond motifs is 2. The van der Waals surface area contributed by atoms with Crippen molar-refractivity contribution in [3.8, 4) is 0 Å². The zero-order valence-corrected chi connectivity index (χ0v) is 17.0. The third-order valence-electron chi connectivity index (χ3n) is 5.75. The maximum absolute atomic E-state index is 14.5. The summed E-state index contributed by atoms with van der Waals surface area (Å²) >= 11 is 0. The molecule has 2 aliphatic heterocycles. The molecule has 3 aromatic rings. The second kappa shape index (κ2) is 7.24. The molecule has 8 nitrogen and oxygen atoms in total. The number of hydrogen-bond acceptors (Lipinski definition) is 5. The van der Waals surface area contributed by atoms with Crippen molar-refractivity contribution in [2.24, 2.45) is 7.05 Å². The Hall–Kier alpha value is -3.20. The fourth-order valence-corrected chi connectivity index (χ4v) is 4.37. The van der Waals surface area contributed by atoms with Crippen molar-refractivity contribution in [3.05, 3.63) is 42.0 Å². The van der Waals surface area contributed by atoms with Crippen LogP contribution in [0.1, 0.15) is 12.5 Å². The summed E-state index contributed by atoms with van der Waals surface area (Å²) < 4.78 is 16.1. The quantitative estimate of drug-likeness (QED) is 0.680. The minimum Gasteiger partial charge on any atom is -0.368 e. The van der Waals surface area contributed by atoms with Gasteiger partial charge in [-0.1, -0.05) is 0 Å². The molecule has 2 aromatic heterocycles. The lowest BCUT2D eigenvalue weighted by Crippen LogP contribution is -2.49. The summed E-state index contributed by atoms with van der Waals surface area (Å²) in [7, 11) is 1.78. The van der Waals surface area contributed by atoms with Crippen LogP contribution in [0.4, 0.5) is 26.4 Å². The molecule has 2 amide bonds. The van der Waals surface area contributed by atoms with E-state index in [-0.39, 0.29) is 11.7 Å². The molecular formula is C21H24FN7O. The molecule has 30 heavy (non-hydrogen) atoms. The number of rotatable bonds is 2. The van der Waals surface area contributed by atoms with Crippen LogP contribution in [0.25, 0.3) is 10.9 Å². The number of nitrogens with zero attached hydrogens (tertiary/aromatic N) is 5. The van der Waals surface area contributed by atoms with Gasteiger partial charge in [0.2, 0.25) is 0 Å². The molecule has 9 heteroatoms. The Morgan fingerprint density at radius 1 is 1.33 bits per heavy atom. The molecule has 4 heterocycles. The average Bonchev–Trinajstić information content (AvgIpc) is 3.30. The minimum absolute atomic E-state index is 0.140. The molecule has 2 aliphatic rings. The molecule has 1 saturated heterocycles. The van der Waals surface area contributed by atoms with Crippen molar-refractivity contribution in [3.63, 3.8) is 0 Å².